The fraction of sp³-hybridized carbons (Fsp3) is 0.500. The second-order valence-corrected chi connectivity index (χ2v) is 9.30. The van der Waals surface area contributed by atoms with Crippen molar-refractivity contribution >= 4 is 22.0 Å². The second kappa shape index (κ2) is 9.51. The lowest BCUT2D eigenvalue weighted by atomic mass is 9.92. The van der Waals surface area contributed by atoms with Crippen LogP contribution in [-0.2, 0) is 27.7 Å². The van der Waals surface area contributed by atoms with Crippen molar-refractivity contribution in [1.82, 2.24) is 19.8 Å². The van der Waals surface area contributed by atoms with Gasteiger partial charge in [0.25, 0.3) is 0 Å². The van der Waals surface area contributed by atoms with Crippen LogP contribution in [0, 0.1) is 0 Å². The Morgan fingerprint density at radius 2 is 1.76 bits per heavy atom. The Balaban J connectivity index is 1.54. The van der Waals surface area contributed by atoms with Gasteiger partial charge in [-0.05, 0) is 48.9 Å². The van der Waals surface area contributed by atoms with E-state index in [1.807, 2.05) is 17.0 Å². The maximum absolute atomic E-state index is 13.0. The lowest BCUT2D eigenvalue weighted by Gasteiger charge is -2.33. The van der Waals surface area contributed by atoms with Gasteiger partial charge in [-0.15, -0.1) is 6.58 Å². The number of nitrogens with zero attached hydrogens (tertiary/aromatic N) is 2. The Morgan fingerprint density at radius 1 is 1.07 bits per heavy atom. The summed E-state index contributed by atoms with van der Waals surface area (Å²) in [6.07, 6.45) is 5.73. The summed E-state index contributed by atoms with van der Waals surface area (Å²) in [6.45, 7) is 5.31. The number of urea groups is 1. The van der Waals surface area contributed by atoms with Crippen LogP contribution in [-0.4, -0.2) is 68.8 Å². The Hall–Kier alpha value is -2.23. The third kappa shape index (κ3) is 5.43. The van der Waals surface area contributed by atoms with Crippen LogP contribution in [0.4, 0.5) is 4.79 Å². The van der Waals surface area contributed by atoms with E-state index >= 15 is 0 Å². The van der Waals surface area contributed by atoms with Gasteiger partial charge in [0, 0.05) is 32.7 Å². The Morgan fingerprint density at radius 3 is 2.45 bits per heavy atom. The fourth-order valence-corrected chi connectivity index (χ4v) is 5.20. The summed E-state index contributed by atoms with van der Waals surface area (Å²) in [5, 5.41) is 4.72. The molecule has 8 nitrogen and oxygen atoms in total. The molecular formula is C20H28N4O4S. The predicted molar refractivity (Wildman–Crippen MR) is 110 cm³/mol. The highest BCUT2D eigenvalue weighted by Gasteiger charge is 2.29. The fourth-order valence-electron chi connectivity index (χ4n) is 3.73. The number of fused-ring (bicyclic) bond motifs is 1. The second-order valence-electron chi connectivity index (χ2n) is 7.36. The largest absolute Gasteiger partial charge is 0.334 e. The highest BCUT2D eigenvalue weighted by Crippen LogP contribution is 2.26. The number of hydrogen-bond donors (Lipinski definition) is 2. The number of carbonyl (C=O) groups is 2. The highest BCUT2D eigenvalue weighted by molar-refractivity contribution is 7.89. The molecule has 1 aromatic carbocycles. The first-order valence-electron chi connectivity index (χ1n) is 9.93. The van der Waals surface area contributed by atoms with Gasteiger partial charge >= 0.3 is 6.03 Å². The van der Waals surface area contributed by atoms with Crippen molar-refractivity contribution in [2.45, 2.75) is 30.6 Å². The molecule has 1 heterocycles. The summed E-state index contributed by atoms with van der Waals surface area (Å²) in [5.41, 5.74) is 2.39. The number of amides is 3. The first-order valence-corrected chi connectivity index (χ1v) is 11.4. The van der Waals surface area contributed by atoms with Crippen molar-refractivity contribution < 1.29 is 18.0 Å². The van der Waals surface area contributed by atoms with E-state index in [9.17, 15) is 18.0 Å². The van der Waals surface area contributed by atoms with E-state index in [0.717, 1.165) is 31.2 Å². The molecule has 1 aromatic rings. The van der Waals surface area contributed by atoms with Gasteiger partial charge < -0.3 is 5.32 Å². The molecule has 0 unspecified atom stereocenters. The Labute approximate surface area is 172 Å². The minimum absolute atomic E-state index is 0.0498. The third-order valence-corrected chi connectivity index (χ3v) is 7.21. The van der Waals surface area contributed by atoms with Crippen LogP contribution in [0.25, 0.3) is 0 Å². The van der Waals surface area contributed by atoms with Gasteiger partial charge in [0.1, 0.15) is 0 Å². The molecular weight excluding hydrogens is 392 g/mol. The number of piperazine rings is 1. The van der Waals surface area contributed by atoms with Crippen LogP contribution in [0.15, 0.2) is 35.7 Å². The maximum atomic E-state index is 13.0. The average molecular weight is 421 g/mol. The predicted octanol–water partition coefficient (Wildman–Crippen LogP) is 0.884. The van der Waals surface area contributed by atoms with Gasteiger partial charge in [0.05, 0.1) is 11.4 Å². The molecule has 0 aromatic heterocycles. The molecule has 0 radical (unpaired) electrons. The molecule has 3 amide bonds. The molecule has 3 rings (SSSR count). The summed E-state index contributed by atoms with van der Waals surface area (Å²) in [7, 11) is -3.54. The van der Waals surface area contributed by atoms with Crippen LogP contribution < -0.4 is 10.6 Å². The lowest BCUT2D eigenvalue weighted by Crippen LogP contribution is -2.52. The SMILES string of the molecule is C=CCNC(=O)NC(=O)CN1CCN(S(=O)(=O)c2ccc3c(c2)CCCC3)CC1. The number of nitrogens with one attached hydrogen (secondary N) is 2. The first-order chi connectivity index (χ1) is 13.9. The number of rotatable bonds is 6. The summed E-state index contributed by atoms with van der Waals surface area (Å²) >= 11 is 0. The number of aryl methyl sites for hydroxylation is 2. The molecule has 9 heteroatoms. The quantitative estimate of drug-likeness (QED) is 0.666. The zero-order chi connectivity index (χ0) is 20.9. The van der Waals surface area contributed by atoms with Crippen molar-refractivity contribution in [3.05, 3.63) is 42.0 Å². The molecule has 29 heavy (non-hydrogen) atoms. The van der Waals surface area contributed by atoms with Crippen molar-refractivity contribution in [3.8, 4) is 0 Å². The zero-order valence-electron chi connectivity index (χ0n) is 16.5. The van der Waals surface area contributed by atoms with Gasteiger partial charge in [-0.25, -0.2) is 13.2 Å². The number of sulfonamides is 1. The average Bonchev–Trinajstić information content (AvgIpc) is 2.72. The van der Waals surface area contributed by atoms with E-state index in [2.05, 4.69) is 17.2 Å². The highest BCUT2D eigenvalue weighted by atomic mass is 32.2. The van der Waals surface area contributed by atoms with Crippen LogP contribution >= 0.6 is 0 Å². The Kier molecular flexibility index (Phi) is 7.05. The molecule has 1 fully saturated rings. The molecule has 2 N–H and O–H groups in total. The van der Waals surface area contributed by atoms with E-state index in [4.69, 9.17) is 0 Å². The number of imide groups is 1. The van der Waals surface area contributed by atoms with Crippen molar-refractivity contribution in [1.29, 1.82) is 0 Å². The summed E-state index contributed by atoms with van der Waals surface area (Å²) < 4.78 is 27.5. The molecule has 1 aliphatic heterocycles. The normalized spacial score (nSPS) is 17.9. The molecule has 0 atom stereocenters. The zero-order valence-corrected chi connectivity index (χ0v) is 17.3. The van der Waals surface area contributed by atoms with E-state index in [1.165, 1.54) is 15.9 Å². The van der Waals surface area contributed by atoms with Crippen LogP contribution in [0.5, 0.6) is 0 Å². The molecule has 0 saturated carbocycles. The van der Waals surface area contributed by atoms with Crippen LogP contribution in [0.1, 0.15) is 24.0 Å². The summed E-state index contributed by atoms with van der Waals surface area (Å²) in [4.78, 5) is 25.6. The topological polar surface area (TPSA) is 98.8 Å². The minimum Gasteiger partial charge on any atom is -0.334 e. The minimum atomic E-state index is -3.54. The molecule has 0 bridgehead atoms. The van der Waals surface area contributed by atoms with Gasteiger partial charge in [0.2, 0.25) is 15.9 Å². The van der Waals surface area contributed by atoms with E-state index in [-0.39, 0.29) is 13.1 Å². The van der Waals surface area contributed by atoms with Gasteiger partial charge in [-0.3, -0.25) is 15.0 Å². The maximum Gasteiger partial charge on any atom is 0.321 e. The number of hydrogen-bond acceptors (Lipinski definition) is 5. The van der Waals surface area contributed by atoms with Gasteiger partial charge in [-0.1, -0.05) is 12.1 Å². The number of benzene rings is 1. The van der Waals surface area contributed by atoms with E-state index in [1.54, 1.807) is 6.07 Å². The van der Waals surface area contributed by atoms with Crippen LogP contribution in [0.2, 0.25) is 0 Å². The summed E-state index contributed by atoms with van der Waals surface area (Å²) in [6, 6.07) is 4.91. The molecule has 1 aliphatic carbocycles. The molecule has 1 saturated heterocycles. The van der Waals surface area contributed by atoms with Crippen LogP contribution in [0.3, 0.4) is 0 Å². The smallest absolute Gasteiger partial charge is 0.321 e. The third-order valence-electron chi connectivity index (χ3n) is 5.32. The molecule has 0 spiro atoms. The molecule has 2 aliphatic rings. The first kappa shape index (κ1) is 21.5. The van der Waals surface area contributed by atoms with E-state index in [0.29, 0.717) is 31.1 Å². The van der Waals surface area contributed by atoms with Crippen molar-refractivity contribution in [2.24, 2.45) is 0 Å². The summed E-state index contributed by atoms with van der Waals surface area (Å²) in [5.74, 6) is -0.419. The van der Waals surface area contributed by atoms with Gasteiger partial charge in [-0.2, -0.15) is 4.31 Å². The standard InChI is InChI=1S/C20H28N4O4S/c1-2-9-21-20(26)22-19(25)15-23-10-12-24(13-11-23)29(27,28)18-8-7-16-5-3-4-6-17(16)14-18/h2,7-8,14H,1,3-6,9-13,15H2,(H2,21,22,25,26). The van der Waals surface area contributed by atoms with Crippen molar-refractivity contribution in [2.75, 3.05) is 39.3 Å². The molecule has 158 valence electrons. The lowest BCUT2D eigenvalue weighted by molar-refractivity contribution is -0.121. The van der Waals surface area contributed by atoms with Gasteiger partial charge in [0.15, 0.2) is 0 Å². The van der Waals surface area contributed by atoms with E-state index < -0.39 is 22.0 Å². The monoisotopic (exact) mass is 420 g/mol. The number of carbonyl (C=O) groups excluding carboxylic acids is 2. The Bertz CT molecular complexity index is 876. The van der Waals surface area contributed by atoms with Crippen molar-refractivity contribution in [3.63, 3.8) is 0 Å².